The fourth-order valence-corrected chi connectivity index (χ4v) is 2.70. The first-order chi connectivity index (χ1) is 10.6. The summed E-state index contributed by atoms with van der Waals surface area (Å²) in [4.78, 5) is 26.5. The van der Waals surface area contributed by atoms with Crippen molar-refractivity contribution in [2.75, 3.05) is 18.0 Å². The lowest BCUT2D eigenvalue weighted by Gasteiger charge is -2.21. The summed E-state index contributed by atoms with van der Waals surface area (Å²) in [6.45, 7) is 5.14. The highest BCUT2D eigenvalue weighted by molar-refractivity contribution is 5.72. The standard InChI is InChI=1S/C16H18N4O2/c1-10-11(2)18-14(12-4-3-6-17-8-12)19-15(10)20-7-5-13(9-20)16(21)22/h3-4,6,8,13H,5,7,9H2,1-2H3,(H,21,22). The van der Waals surface area contributed by atoms with Crippen LogP contribution in [-0.2, 0) is 4.79 Å². The van der Waals surface area contributed by atoms with Crippen LogP contribution >= 0.6 is 0 Å². The van der Waals surface area contributed by atoms with Crippen molar-refractivity contribution in [3.8, 4) is 11.4 Å². The lowest BCUT2D eigenvalue weighted by atomic mass is 10.1. The molecule has 6 nitrogen and oxygen atoms in total. The van der Waals surface area contributed by atoms with E-state index in [1.807, 2.05) is 30.9 Å². The van der Waals surface area contributed by atoms with Gasteiger partial charge in [-0.3, -0.25) is 9.78 Å². The summed E-state index contributed by atoms with van der Waals surface area (Å²) in [5.41, 5.74) is 2.77. The maximum atomic E-state index is 11.2. The van der Waals surface area contributed by atoms with Gasteiger partial charge in [-0.2, -0.15) is 0 Å². The average Bonchev–Trinajstić information content (AvgIpc) is 3.01. The van der Waals surface area contributed by atoms with E-state index < -0.39 is 5.97 Å². The summed E-state index contributed by atoms with van der Waals surface area (Å²) in [7, 11) is 0. The van der Waals surface area contributed by atoms with Gasteiger partial charge in [0.15, 0.2) is 5.82 Å². The topological polar surface area (TPSA) is 79.2 Å². The average molecular weight is 298 g/mol. The largest absolute Gasteiger partial charge is 0.481 e. The lowest BCUT2D eigenvalue weighted by Crippen LogP contribution is -2.25. The zero-order valence-electron chi connectivity index (χ0n) is 12.7. The van der Waals surface area contributed by atoms with Crippen LogP contribution in [-0.4, -0.2) is 39.1 Å². The predicted molar refractivity (Wildman–Crippen MR) is 82.7 cm³/mol. The van der Waals surface area contributed by atoms with E-state index in [9.17, 15) is 4.79 Å². The first-order valence-electron chi connectivity index (χ1n) is 7.29. The number of hydrogen-bond acceptors (Lipinski definition) is 5. The van der Waals surface area contributed by atoms with Crippen molar-refractivity contribution in [1.82, 2.24) is 15.0 Å². The molecule has 3 heterocycles. The van der Waals surface area contributed by atoms with Gasteiger partial charge >= 0.3 is 5.97 Å². The molecule has 0 aliphatic carbocycles. The summed E-state index contributed by atoms with van der Waals surface area (Å²) < 4.78 is 0. The highest BCUT2D eigenvalue weighted by atomic mass is 16.4. The molecule has 0 aromatic carbocycles. The minimum absolute atomic E-state index is 0.323. The van der Waals surface area contributed by atoms with Gasteiger partial charge in [0.05, 0.1) is 5.92 Å². The van der Waals surface area contributed by atoms with E-state index in [0.717, 1.165) is 22.6 Å². The van der Waals surface area contributed by atoms with Crippen LogP contribution in [0.25, 0.3) is 11.4 Å². The van der Waals surface area contributed by atoms with Crippen LogP contribution in [0.4, 0.5) is 5.82 Å². The Balaban J connectivity index is 1.98. The molecule has 1 unspecified atom stereocenters. The molecule has 22 heavy (non-hydrogen) atoms. The van der Waals surface area contributed by atoms with Gasteiger partial charge < -0.3 is 10.0 Å². The normalized spacial score (nSPS) is 17.7. The van der Waals surface area contributed by atoms with Crippen molar-refractivity contribution < 1.29 is 9.90 Å². The van der Waals surface area contributed by atoms with E-state index >= 15 is 0 Å². The summed E-state index contributed by atoms with van der Waals surface area (Å²) in [6, 6.07) is 3.77. The Morgan fingerprint density at radius 2 is 2.18 bits per heavy atom. The number of aromatic nitrogens is 3. The Kier molecular flexibility index (Phi) is 3.75. The molecule has 0 saturated carbocycles. The predicted octanol–water partition coefficient (Wildman–Crippen LogP) is 2.07. The molecule has 0 spiro atoms. The van der Waals surface area contributed by atoms with Crippen molar-refractivity contribution in [2.24, 2.45) is 5.92 Å². The number of carboxylic acid groups (broad SMARTS) is 1. The van der Waals surface area contributed by atoms with Gasteiger partial charge in [0.2, 0.25) is 0 Å². The van der Waals surface area contributed by atoms with Crippen molar-refractivity contribution in [2.45, 2.75) is 20.3 Å². The Morgan fingerprint density at radius 1 is 1.36 bits per heavy atom. The Bertz CT molecular complexity index is 703. The van der Waals surface area contributed by atoms with E-state index in [4.69, 9.17) is 5.11 Å². The van der Waals surface area contributed by atoms with Crippen LogP contribution in [0.3, 0.4) is 0 Å². The number of hydrogen-bond donors (Lipinski definition) is 1. The molecule has 1 N–H and O–H groups in total. The van der Waals surface area contributed by atoms with Gasteiger partial charge in [0, 0.05) is 42.3 Å². The van der Waals surface area contributed by atoms with E-state index in [1.54, 1.807) is 12.4 Å². The quantitative estimate of drug-likeness (QED) is 0.934. The molecule has 2 aromatic rings. The maximum absolute atomic E-state index is 11.2. The summed E-state index contributed by atoms with van der Waals surface area (Å²) >= 11 is 0. The van der Waals surface area contributed by atoms with Gasteiger partial charge in [0.1, 0.15) is 5.82 Å². The second-order valence-corrected chi connectivity index (χ2v) is 5.59. The monoisotopic (exact) mass is 298 g/mol. The molecule has 1 saturated heterocycles. The molecule has 1 atom stereocenters. The van der Waals surface area contributed by atoms with Crippen LogP contribution in [0.15, 0.2) is 24.5 Å². The van der Waals surface area contributed by atoms with Crippen LogP contribution in [0.1, 0.15) is 17.7 Å². The zero-order valence-corrected chi connectivity index (χ0v) is 12.7. The molecule has 0 bridgehead atoms. The van der Waals surface area contributed by atoms with E-state index in [0.29, 0.717) is 25.3 Å². The fraction of sp³-hybridized carbons (Fsp3) is 0.375. The van der Waals surface area contributed by atoms with Crippen LogP contribution < -0.4 is 4.90 Å². The highest BCUT2D eigenvalue weighted by Gasteiger charge is 2.30. The van der Waals surface area contributed by atoms with Crippen LogP contribution in [0, 0.1) is 19.8 Å². The van der Waals surface area contributed by atoms with Crippen molar-refractivity contribution >= 4 is 11.8 Å². The molecule has 3 rings (SSSR count). The number of nitrogens with zero attached hydrogens (tertiary/aromatic N) is 4. The number of aryl methyl sites for hydroxylation is 1. The van der Waals surface area contributed by atoms with Crippen molar-refractivity contribution in [3.05, 3.63) is 35.8 Å². The molecule has 6 heteroatoms. The third kappa shape index (κ3) is 2.64. The number of aliphatic carboxylic acids is 1. The molecule has 1 aliphatic rings. The van der Waals surface area contributed by atoms with Crippen molar-refractivity contribution in [1.29, 1.82) is 0 Å². The number of rotatable bonds is 3. The third-order valence-corrected chi connectivity index (χ3v) is 4.12. The van der Waals surface area contributed by atoms with Gasteiger partial charge in [-0.1, -0.05) is 0 Å². The summed E-state index contributed by atoms with van der Waals surface area (Å²) in [6.07, 6.45) is 4.10. The van der Waals surface area contributed by atoms with Crippen LogP contribution in [0.2, 0.25) is 0 Å². The van der Waals surface area contributed by atoms with Gasteiger partial charge in [-0.15, -0.1) is 0 Å². The molecular formula is C16H18N4O2. The molecule has 0 radical (unpaired) electrons. The fourth-order valence-electron chi connectivity index (χ4n) is 2.70. The smallest absolute Gasteiger partial charge is 0.308 e. The molecule has 0 amide bonds. The first-order valence-corrected chi connectivity index (χ1v) is 7.29. The number of carboxylic acids is 1. The number of anilines is 1. The second-order valence-electron chi connectivity index (χ2n) is 5.59. The third-order valence-electron chi connectivity index (χ3n) is 4.12. The van der Waals surface area contributed by atoms with Gasteiger partial charge in [0.25, 0.3) is 0 Å². The highest BCUT2D eigenvalue weighted by Crippen LogP contribution is 2.28. The summed E-state index contributed by atoms with van der Waals surface area (Å²) in [5.74, 6) is 0.398. The van der Waals surface area contributed by atoms with E-state index in [1.165, 1.54) is 0 Å². The summed E-state index contributed by atoms with van der Waals surface area (Å²) in [5, 5.41) is 9.17. The molecule has 1 fully saturated rings. The van der Waals surface area contributed by atoms with E-state index in [-0.39, 0.29) is 5.92 Å². The minimum Gasteiger partial charge on any atom is -0.481 e. The number of pyridine rings is 1. The van der Waals surface area contributed by atoms with E-state index in [2.05, 4.69) is 15.0 Å². The van der Waals surface area contributed by atoms with Crippen LogP contribution in [0.5, 0.6) is 0 Å². The second kappa shape index (κ2) is 5.71. The molecule has 1 aliphatic heterocycles. The van der Waals surface area contributed by atoms with Gasteiger partial charge in [-0.05, 0) is 32.4 Å². The number of carbonyl (C=O) groups is 1. The Labute approximate surface area is 128 Å². The van der Waals surface area contributed by atoms with Crippen molar-refractivity contribution in [3.63, 3.8) is 0 Å². The molecular weight excluding hydrogens is 280 g/mol. The zero-order chi connectivity index (χ0) is 15.7. The minimum atomic E-state index is -0.738. The van der Waals surface area contributed by atoms with Gasteiger partial charge in [-0.25, -0.2) is 9.97 Å². The molecule has 2 aromatic heterocycles. The maximum Gasteiger partial charge on any atom is 0.308 e. The Hall–Kier alpha value is -2.50. The lowest BCUT2D eigenvalue weighted by molar-refractivity contribution is -0.140. The Morgan fingerprint density at radius 3 is 2.82 bits per heavy atom. The first kappa shape index (κ1) is 14.4. The SMILES string of the molecule is Cc1nc(-c2cccnc2)nc(N2CCC(C(=O)O)C2)c1C. The molecule has 114 valence electrons.